The molecule has 0 radical (unpaired) electrons. The van der Waals surface area contributed by atoms with Gasteiger partial charge in [-0.25, -0.2) is 9.97 Å². The van der Waals surface area contributed by atoms with Crippen LogP contribution in [0.2, 0.25) is 0 Å². The number of carbonyl (C=O) groups is 1. The average Bonchev–Trinajstić information content (AvgIpc) is 3.37. The fraction of sp³-hybridized carbons (Fsp3) is 0.0952. The standard InChI is InChI=1S/C21H18N4OS2/c1-14-7-9-16(10-8-14)18-12-27-21(24-18)25-19(26)13-28-20-22-11-17(23-20)15-5-3-2-4-6-15/h2-12H,13H2,1H3,(H,22,23)(H,24,25,26). The van der Waals surface area contributed by atoms with E-state index in [1.807, 2.05) is 47.8 Å². The van der Waals surface area contributed by atoms with Gasteiger partial charge in [0.05, 0.1) is 23.3 Å². The van der Waals surface area contributed by atoms with E-state index in [0.29, 0.717) is 10.3 Å². The number of thiazole rings is 1. The number of anilines is 1. The zero-order valence-corrected chi connectivity index (χ0v) is 16.8. The molecule has 0 aliphatic rings. The maximum atomic E-state index is 12.2. The highest BCUT2D eigenvalue weighted by molar-refractivity contribution is 7.99. The maximum Gasteiger partial charge on any atom is 0.236 e. The molecular formula is C21H18N4OS2. The van der Waals surface area contributed by atoms with Crippen LogP contribution in [-0.2, 0) is 4.79 Å². The molecule has 4 aromatic rings. The summed E-state index contributed by atoms with van der Waals surface area (Å²) in [5.74, 6) is 0.161. The monoisotopic (exact) mass is 406 g/mol. The van der Waals surface area contributed by atoms with Crippen molar-refractivity contribution in [3.8, 4) is 22.5 Å². The minimum Gasteiger partial charge on any atom is -0.333 e. The zero-order valence-electron chi connectivity index (χ0n) is 15.2. The van der Waals surface area contributed by atoms with E-state index in [1.165, 1.54) is 28.7 Å². The number of benzene rings is 2. The van der Waals surface area contributed by atoms with Crippen molar-refractivity contribution in [2.45, 2.75) is 12.1 Å². The molecule has 0 atom stereocenters. The third kappa shape index (κ3) is 4.49. The van der Waals surface area contributed by atoms with E-state index < -0.39 is 0 Å². The molecule has 5 nitrogen and oxygen atoms in total. The summed E-state index contributed by atoms with van der Waals surface area (Å²) in [5.41, 5.74) is 5.12. The fourth-order valence-electron chi connectivity index (χ4n) is 2.62. The molecule has 140 valence electrons. The zero-order chi connectivity index (χ0) is 19.3. The van der Waals surface area contributed by atoms with Gasteiger partial charge in [0.15, 0.2) is 10.3 Å². The highest BCUT2D eigenvalue weighted by atomic mass is 32.2. The summed E-state index contributed by atoms with van der Waals surface area (Å²) in [6, 6.07) is 18.1. The number of hydrogen-bond donors (Lipinski definition) is 2. The molecule has 0 aliphatic carbocycles. The number of nitrogens with zero attached hydrogens (tertiary/aromatic N) is 2. The lowest BCUT2D eigenvalue weighted by atomic mass is 10.1. The summed E-state index contributed by atoms with van der Waals surface area (Å²) in [4.78, 5) is 24.3. The average molecular weight is 407 g/mol. The molecule has 0 saturated heterocycles. The van der Waals surface area contributed by atoms with Crippen molar-refractivity contribution in [3.05, 3.63) is 71.7 Å². The number of thioether (sulfide) groups is 1. The van der Waals surface area contributed by atoms with Crippen LogP contribution in [-0.4, -0.2) is 26.6 Å². The summed E-state index contributed by atoms with van der Waals surface area (Å²) in [6.07, 6.45) is 1.78. The lowest BCUT2D eigenvalue weighted by Crippen LogP contribution is -2.13. The van der Waals surface area contributed by atoms with Crippen molar-refractivity contribution in [2.24, 2.45) is 0 Å². The molecule has 0 fully saturated rings. The predicted octanol–water partition coefficient (Wildman–Crippen LogP) is 5.24. The Morgan fingerprint density at radius 1 is 1.11 bits per heavy atom. The molecule has 0 bridgehead atoms. The Hall–Kier alpha value is -2.90. The van der Waals surface area contributed by atoms with E-state index in [1.54, 1.807) is 6.20 Å². The predicted molar refractivity (Wildman–Crippen MR) is 116 cm³/mol. The van der Waals surface area contributed by atoms with Crippen molar-refractivity contribution in [2.75, 3.05) is 11.1 Å². The third-order valence-corrected chi connectivity index (χ3v) is 5.72. The fourth-order valence-corrected chi connectivity index (χ4v) is 4.00. The minimum absolute atomic E-state index is 0.104. The van der Waals surface area contributed by atoms with Gasteiger partial charge in [-0.15, -0.1) is 11.3 Å². The van der Waals surface area contributed by atoms with Gasteiger partial charge >= 0.3 is 0 Å². The van der Waals surface area contributed by atoms with Gasteiger partial charge in [-0.05, 0) is 12.5 Å². The van der Waals surface area contributed by atoms with Crippen LogP contribution >= 0.6 is 23.1 Å². The first-order chi connectivity index (χ1) is 13.7. The number of aryl methyl sites for hydroxylation is 1. The van der Waals surface area contributed by atoms with E-state index in [4.69, 9.17) is 0 Å². The molecule has 2 heterocycles. The van der Waals surface area contributed by atoms with Crippen LogP contribution < -0.4 is 5.32 Å². The van der Waals surface area contributed by atoms with Crippen molar-refractivity contribution in [1.82, 2.24) is 15.0 Å². The quantitative estimate of drug-likeness (QED) is 0.430. The van der Waals surface area contributed by atoms with Gasteiger partial charge in [0.2, 0.25) is 5.91 Å². The number of aromatic nitrogens is 3. The smallest absolute Gasteiger partial charge is 0.236 e. The third-order valence-electron chi connectivity index (χ3n) is 4.08. The van der Waals surface area contributed by atoms with Gasteiger partial charge in [0, 0.05) is 10.9 Å². The van der Waals surface area contributed by atoms with E-state index in [9.17, 15) is 4.79 Å². The summed E-state index contributed by atoms with van der Waals surface area (Å²) >= 11 is 2.79. The van der Waals surface area contributed by atoms with Gasteiger partial charge in [-0.1, -0.05) is 71.9 Å². The topological polar surface area (TPSA) is 70.7 Å². The SMILES string of the molecule is Cc1ccc(-c2csc(NC(=O)CSc3ncc(-c4ccccc4)[nH]3)n2)cc1. The second-order valence-electron chi connectivity index (χ2n) is 6.21. The second kappa shape index (κ2) is 8.41. The van der Waals surface area contributed by atoms with Crippen LogP contribution in [0.1, 0.15) is 5.56 Å². The summed E-state index contributed by atoms with van der Waals surface area (Å²) < 4.78 is 0. The molecule has 0 unspecified atom stereocenters. The molecule has 2 N–H and O–H groups in total. The van der Waals surface area contributed by atoms with E-state index in [0.717, 1.165) is 22.5 Å². The van der Waals surface area contributed by atoms with Crippen LogP contribution in [0.4, 0.5) is 5.13 Å². The first kappa shape index (κ1) is 18.5. The first-order valence-corrected chi connectivity index (χ1v) is 10.6. The van der Waals surface area contributed by atoms with Gasteiger partial charge in [0.1, 0.15) is 0 Å². The Labute approximate surface area is 171 Å². The Morgan fingerprint density at radius 3 is 2.68 bits per heavy atom. The molecule has 4 rings (SSSR count). The number of hydrogen-bond acceptors (Lipinski definition) is 5. The molecular weight excluding hydrogens is 388 g/mol. The molecule has 0 spiro atoms. The lowest BCUT2D eigenvalue weighted by Gasteiger charge is -2.01. The Kier molecular flexibility index (Phi) is 5.55. The van der Waals surface area contributed by atoms with Crippen LogP contribution in [0, 0.1) is 6.92 Å². The molecule has 2 aromatic heterocycles. The van der Waals surface area contributed by atoms with Crippen molar-refractivity contribution >= 4 is 34.1 Å². The highest BCUT2D eigenvalue weighted by Crippen LogP contribution is 2.26. The van der Waals surface area contributed by atoms with Crippen LogP contribution in [0.25, 0.3) is 22.5 Å². The molecule has 0 aliphatic heterocycles. The number of H-pyrrole nitrogens is 1. The van der Waals surface area contributed by atoms with Gasteiger partial charge in [0.25, 0.3) is 0 Å². The number of imidazole rings is 1. The van der Waals surface area contributed by atoms with Gasteiger partial charge in [-0.3, -0.25) is 4.79 Å². The summed E-state index contributed by atoms with van der Waals surface area (Å²) in [7, 11) is 0. The van der Waals surface area contributed by atoms with E-state index >= 15 is 0 Å². The lowest BCUT2D eigenvalue weighted by molar-refractivity contribution is -0.113. The molecule has 28 heavy (non-hydrogen) atoms. The van der Waals surface area contributed by atoms with E-state index in [-0.39, 0.29) is 11.7 Å². The largest absolute Gasteiger partial charge is 0.333 e. The first-order valence-electron chi connectivity index (χ1n) is 8.73. The van der Waals surface area contributed by atoms with Crippen LogP contribution in [0.3, 0.4) is 0 Å². The Balaban J connectivity index is 1.33. The summed E-state index contributed by atoms with van der Waals surface area (Å²) in [5, 5.41) is 6.13. The van der Waals surface area contributed by atoms with Gasteiger partial charge < -0.3 is 10.3 Å². The normalized spacial score (nSPS) is 10.8. The Morgan fingerprint density at radius 2 is 1.89 bits per heavy atom. The number of nitrogens with one attached hydrogen (secondary N) is 2. The number of aromatic amines is 1. The minimum atomic E-state index is -0.104. The van der Waals surface area contributed by atoms with Crippen LogP contribution in [0.15, 0.2) is 71.3 Å². The van der Waals surface area contributed by atoms with Crippen molar-refractivity contribution < 1.29 is 4.79 Å². The van der Waals surface area contributed by atoms with E-state index in [2.05, 4.69) is 39.3 Å². The highest BCUT2D eigenvalue weighted by Gasteiger charge is 2.10. The van der Waals surface area contributed by atoms with Crippen LogP contribution in [0.5, 0.6) is 0 Å². The molecule has 1 amide bonds. The number of rotatable bonds is 6. The molecule has 0 saturated carbocycles. The summed E-state index contributed by atoms with van der Waals surface area (Å²) in [6.45, 7) is 2.05. The maximum absolute atomic E-state index is 12.2. The number of amides is 1. The van der Waals surface area contributed by atoms with Crippen molar-refractivity contribution in [1.29, 1.82) is 0 Å². The number of carbonyl (C=O) groups excluding carboxylic acids is 1. The Bertz CT molecular complexity index is 1070. The van der Waals surface area contributed by atoms with Gasteiger partial charge in [-0.2, -0.15) is 0 Å². The molecule has 2 aromatic carbocycles. The van der Waals surface area contributed by atoms with Crippen molar-refractivity contribution in [3.63, 3.8) is 0 Å². The molecule has 7 heteroatoms. The second-order valence-corrected chi connectivity index (χ2v) is 8.03.